The van der Waals surface area contributed by atoms with Crippen LogP contribution < -0.4 is 0 Å². The van der Waals surface area contributed by atoms with Crippen molar-refractivity contribution < 1.29 is 23.3 Å². The van der Waals surface area contributed by atoms with Crippen molar-refractivity contribution in [2.45, 2.75) is 106 Å². The number of fused-ring (bicyclic) bond motifs is 2. The summed E-state index contributed by atoms with van der Waals surface area (Å²) in [6.07, 6.45) is 13.6. The van der Waals surface area contributed by atoms with Crippen LogP contribution in [0.3, 0.4) is 0 Å². The Morgan fingerprint density at radius 1 is 0.537 bits per heavy atom. The fourth-order valence-electron chi connectivity index (χ4n) is 9.09. The van der Waals surface area contributed by atoms with Crippen molar-refractivity contribution in [1.29, 1.82) is 0 Å². The van der Waals surface area contributed by atoms with Crippen molar-refractivity contribution in [2.75, 3.05) is 0 Å². The molecule has 2 saturated carbocycles. The second-order valence-electron chi connectivity index (χ2n) is 15.9. The topological polar surface area (TPSA) is 0 Å². The average Bonchev–Trinajstić information content (AvgIpc) is 3.68. The molecule has 0 bridgehead atoms. The summed E-state index contributed by atoms with van der Waals surface area (Å²) in [7, 11) is 0. The summed E-state index contributed by atoms with van der Waals surface area (Å²) in [5.74, 6) is 0. The molecular weight excluding hydrogens is 791 g/mol. The van der Waals surface area contributed by atoms with Gasteiger partial charge in [0.25, 0.3) is 0 Å². The monoisotopic (exact) mass is 850 g/mol. The van der Waals surface area contributed by atoms with Gasteiger partial charge in [-0.05, 0) is 88.2 Å². The van der Waals surface area contributed by atoms with Gasteiger partial charge < -0.3 is 14.9 Å². The van der Waals surface area contributed by atoms with Gasteiger partial charge in [0.05, 0.1) is 0 Å². The molecule has 0 saturated heterocycles. The molecule has 0 atom stereocenters. The summed E-state index contributed by atoms with van der Waals surface area (Å²) in [5, 5.41) is 5.63. The molecule has 4 heteroatoms. The van der Waals surface area contributed by atoms with Crippen molar-refractivity contribution in [3.05, 3.63) is 145 Å². The Morgan fingerprint density at radius 2 is 0.870 bits per heavy atom. The van der Waals surface area contributed by atoms with Crippen LogP contribution in [0.5, 0.6) is 0 Å². The third-order valence-corrected chi connectivity index (χ3v) is 12.2. The van der Waals surface area contributed by atoms with Gasteiger partial charge in [0.2, 0.25) is 0 Å². The summed E-state index contributed by atoms with van der Waals surface area (Å²) in [4.78, 5) is 0. The minimum atomic E-state index is 0. The Bertz CT molecular complexity index is 1890. The zero-order chi connectivity index (χ0) is 35.5. The summed E-state index contributed by atoms with van der Waals surface area (Å²) in [6, 6.07) is 37.0. The van der Waals surface area contributed by atoms with E-state index in [1.54, 1.807) is 0 Å². The van der Waals surface area contributed by atoms with E-state index in [1.807, 2.05) is 0 Å². The zero-order valence-electron chi connectivity index (χ0n) is 34.1. The van der Waals surface area contributed by atoms with E-state index >= 15 is 0 Å². The third kappa shape index (κ3) is 10.6. The Hall–Kier alpha value is -2.22. The molecule has 0 spiro atoms. The van der Waals surface area contributed by atoms with E-state index in [0.29, 0.717) is 10.8 Å². The minimum absolute atomic E-state index is 0. The summed E-state index contributed by atoms with van der Waals surface area (Å²) >= 11 is 1.36. The quantitative estimate of drug-likeness (QED) is 0.106. The number of benzene rings is 4. The molecule has 2 radical (unpaired) electrons. The van der Waals surface area contributed by atoms with E-state index in [1.165, 1.54) is 165 Å². The number of rotatable bonds is 8. The Kier molecular flexibility index (Phi) is 18.5. The standard InChI is InChI=1S/2C24H27.2CH3.2ClH.Si.Zr/c2*1-4-24(9-6-10-24)16-19-14-20-7-5-8-22(23(20)15-19)21-12-17(2)11-18(3)13-21;;;;;;/h2*5,7-8,11-15H,4,6,9-10,16H2,1-3H3;2*1H3;2*1H;;/q4*-1;;;;. The van der Waals surface area contributed by atoms with Gasteiger partial charge in [-0.1, -0.05) is 121 Å². The van der Waals surface area contributed by atoms with Gasteiger partial charge in [-0.2, -0.15) is 12.1 Å². The molecule has 288 valence electrons. The van der Waals surface area contributed by atoms with Crippen molar-refractivity contribution in [1.82, 2.24) is 0 Å². The average molecular weight is 853 g/mol. The Morgan fingerprint density at radius 3 is 1.15 bits per heavy atom. The molecule has 0 heterocycles. The van der Waals surface area contributed by atoms with Crippen LogP contribution in [0.15, 0.2) is 97.1 Å². The molecule has 8 rings (SSSR count). The Labute approximate surface area is 358 Å². The summed E-state index contributed by atoms with van der Waals surface area (Å²) in [5.41, 5.74) is 15.1. The van der Waals surface area contributed by atoms with Gasteiger partial charge in [0.15, 0.2) is 0 Å². The van der Waals surface area contributed by atoms with Crippen molar-refractivity contribution >= 4 is 53.2 Å². The molecule has 0 aliphatic heterocycles. The molecule has 2 aliphatic carbocycles. The van der Waals surface area contributed by atoms with E-state index in [4.69, 9.17) is 0 Å². The van der Waals surface area contributed by atoms with Crippen LogP contribution in [0.2, 0.25) is 0 Å². The number of hydrogen-bond donors (Lipinski definition) is 0. The van der Waals surface area contributed by atoms with Crippen molar-refractivity contribution in [3.8, 4) is 22.3 Å². The van der Waals surface area contributed by atoms with Gasteiger partial charge in [0.1, 0.15) is 0 Å². The molecule has 6 aromatic carbocycles. The molecular formula is C50H62Cl2SiZr-4. The maximum atomic E-state index is 3.06. The summed E-state index contributed by atoms with van der Waals surface area (Å²) in [6.45, 7) is 16.5. The Balaban J connectivity index is 0.000000334. The molecule has 0 N–H and O–H groups in total. The predicted molar refractivity (Wildman–Crippen MR) is 243 cm³/mol. The van der Waals surface area contributed by atoms with Gasteiger partial charge in [-0.15, -0.1) is 93.9 Å². The van der Waals surface area contributed by atoms with E-state index < -0.39 is 0 Å². The van der Waals surface area contributed by atoms with Crippen LogP contribution in [-0.4, -0.2) is 6.88 Å². The second kappa shape index (κ2) is 20.8. The molecule has 0 amide bonds. The first-order valence-corrected chi connectivity index (χ1v) is 23.1. The van der Waals surface area contributed by atoms with Crippen LogP contribution >= 0.6 is 24.8 Å². The maximum absolute atomic E-state index is 3.06. The fourth-order valence-corrected chi connectivity index (χ4v) is 9.09. The van der Waals surface area contributed by atoms with Crippen LogP contribution in [0.4, 0.5) is 0 Å². The van der Waals surface area contributed by atoms with Gasteiger partial charge in [-0.3, -0.25) is 0 Å². The number of aryl methyl sites for hydroxylation is 4. The van der Waals surface area contributed by atoms with Crippen LogP contribution in [0.25, 0.3) is 43.8 Å². The first-order chi connectivity index (χ1) is 24.2. The van der Waals surface area contributed by atoms with Crippen LogP contribution in [-0.2, 0) is 36.2 Å². The van der Waals surface area contributed by atoms with Crippen molar-refractivity contribution in [2.24, 2.45) is 10.8 Å². The molecule has 54 heavy (non-hydrogen) atoms. The SMILES string of the molecule is CCC1(Cc2cc3c(-c4cc(C)cc(C)c4)cccc3[cH-]2)CCC1.CCC1(Cc2cc3c(-c4cc(C)cc(C)c4)cccc3[cH-]2)CCC1.Cl.Cl.[CH3-].[CH3-].[Si]=[Zr]. The third-order valence-electron chi connectivity index (χ3n) is 12.2. The van der Waals surface area contributed by atoms with Gasteiger partial charge in [-0.25, -0.2) is 0 Å². The molecule has 6 aromatic rings. The van der Waals surface area contributed by atoms with E-state index in [9.17, 15) is 0 Å². The van der Waals surface area contributed by atoms with Crippen LogP contribution in [0, 0.1) is 53.4 Å². The van der Waals surface area contributed by atoms with E-state index in [-0.39, 0.29) is 39.7 Å². The van der Waals surface area contributed by atoms with Gasteiger partial charge in [0, 0.05) is 0 Å². The zero-order valence-corrected chi connectivity index (χ0v) is 39.2. The van der Waals surface area contributed by atoms with Gasteiger partial charge >= 0.3 is 30.2 Å². The molecule has 2 aliphatic rings. The number of hydrogen-bond acceptors (Lipinski definition) is 0. The van der Waals surface area contributed by atoms with E-state index in [2.05, 4.69) is 145 Å². The number of halogens is 2. The molecule has 0 aromatic heterocycles. The van der Waals surface area contributed by atoms with E-state index in [0.717, 1.165) is 0 Å². The second-order valence-corrected chi connectivity index (χ2v) is 15.9. The molecule has 0 nitrogen and oxygen atoms in total. The predicted octanol–water partition coefficient (Wildman–Crippen LogP) is 15.3. The molecule has 0 unspecified atom stereocenters. The first kappa shape index (κ1) is 47.9. The molecule has 2 fully saturated rings. The normalized spacial score (nSPS) is 14.5. The van der Waals surface area contributed by atoms with Crippen molar-refractivity contribution in [3.63, 3.8) is 0 Å². The summed E-state index contributed by atoms with van der Waals surface area (Å²) < 4.78 is 0. The van der Waals surface area contributed by atoms with Crippen LogP contribution in [0.1, 0.15) is 98.6 Å². The fraction of sp³-hybridized carbons (Fsp3) is 0.360. The first-order valence-electron chi connectivity index (χ1n) is 19.0.